The van der Waals surface area contributed by atoms with Crippen molar-refractivity contribution in [3.8, 4) is 0 Å². The Hall–Kier alpha value is -4.17. The van der Waals surface area contributed by atoms with Crippen molar-refractivity contribution in [1.29, 1.82) is 5.41 Å². The van der Waals surface area contributed by atoms with Gasteiger partial charge in [0.05, 0.1) is 17.4 Å². The highest BCUT2D eigenvalue weighted by Gasteiger charge is 2.43. The molecule has 2 aliphatic rings. The van der Waals surface area contributed by atoms with Gasteiger partial charge >= 0.3 is 18.3 Å². The molecule has 9 nitrogen and oxygen atoms in total. The molecule has 2 aliphatic carbocycles. The Morgan fingerprint density at radius 1 is 0.750 bits per heavy atom. The topological polar surface area (TPSA) is 152 Å². The van der Waals surface area contributed by atoms with Crippen molar-refractivity contribution in [2.75, 3.05) is 0 Å². The van der Waals surface area contributed by atoms with Crippen LogP contribution >= 0.6 is 0 Å². The number of carbonyl (C=O) groups excluding carboxylic acids is 1. The van der Waals surface area contributed by atoms with Gasteiger partial charge in [-0.05, 0) is 69.6 Å². The number of amidine groups is 1. The van der Waals surface area contributed by atoms with E-state index in [9.17, 15) is 50.6 Å². The van der Waals surface area contributed by atoms with Crippen LogP contribution in [0.2, 0.25) is 0 Å². The van der Waals surface area contributed by atoms with E-state index < -0.39 is 70.7 Å². The van der Waals surface area contributed by atoms with Gasteiger partial charge in [-0.2, -0.15) is 26.3 Å². The molecular formula is C29H28F6N4O5. The molecule has 0 radical (unpaired) electrons. The van der Waals surface area contributed by atoms with Gasteiger partial charge in [-0.1, -0.05) is 0 Å². The first-order valence-electron chi connectivity index (χ1n) is 14.1. The lowest BCUT2D eigenvalue weighted by atomic mass is 9.84. The number of aromatic carboxylic acids is 1. The molecule has 0 atom stereocenters. The highest BCUT2D eigenvalue weighted by molar-refractivity contribution is 6.27. The van der Waals surface area contributed by atoms with E-state index in [-0.39, 0.29) is 84.0 Å². The molecule has 2 saturated carbocycles. The summed E-state index contributed by atoms with van der Waals surface area (Å²) < 4.78 is 78.8. The Bertz CT molecular complexity index is 1740. The number of carboxylic acids is 1. The molecule has 5 N–H and O–H groups in total. The second-order valence-corrected chi connectivity index (χ2v) is 11.5. The first-order chi connectivity index (χ1) is 20.6. The number of carbonyl (C=O) groups is 2. The van der Waals surface area contributed by atoms with Gasteiger partial charge in [0.15, 0.2) is 0 Å². The van der Waals surface area contributed by atoms with Crippen molar-refractivity contribution in [1.82, 2.24) is 15.6 Å². The number of aromatic nitrogens is 1. The van der Waals surface area contributed by atoms with Gasteiger partial charge in [0, 0.05) is 44.8 Å². The third-order valence-electron chi connectivity index (χ3n) is 8.79. The molecule has 4 aromatic rings. The number of alkyl halides is 6. The molecule has 0 aliphatic heterocycles. The average molecular weight is 627 g/mol. The van der Waals surface area contributed by atoms with Gasteiger partial charge in [-0.3, -0.25) is 24.8 Å². The van der Waals surface area contributed by atoms with E-state index >= 15 is 0 Å². The second-order valence-electron chi connectivity index (χ2n) is 11.5. The van der Waals surface area contributed by atoms with E-state index in [2.05, 4.69) is 15.6 Å². The molecule has 2 bridgehead atoms. The van der Waals surface area contributed by atoms with Crippen molar-refractivity contribution in [2.45, 2.75) is 75.8 Å². The number of aromatic amines is 1. The SMILES string of the molecule is N=C(N[C@H]1CC[C@H](C(F)(F)F)CC1)c1c(C(=O)O)cc(C(=O)N[C@H]2CC[C@H](C(F)(F)F)CC2)c2c3ccc(c(=O)[nH]c3=O)c12. The third-order valence-corrected chi connectivity index (χ3v) is 8.79. The largest absolute Gasteiger partial charge is 0.478 e. The van der Waals surface area contributed by atoms with Gasteiger partial charge in [-0.25, -0.2) is 4.79 Å². The molecule has 15 heteroatoms. The second kappa shape index (κ2) is 11.4. The number of amides is 1. The first kappa shape index (κ1) is 31.3. The maximum atomic E-state index is 13.6. The Morgan fingerprint density at radius 2 is 1.20 bits per heavy atom. The fourth-order valence-corrected chi connectivity index (χ4v) is 6.46. The minimum Gasteiger partial charge on any atom is -0.478 e. The number of halogens is 6. The van der Waals surface area contributed by atoms with E-state index in [0.717, 1.165) is 6.07 Å². The zero-order chi connectivity index (χ0) is 32.1. The molecule has 2 aromatic carbocycles. The summed E-state index contributed by atoms with van der Waals surface area (Å²) in [4.78, 5) is 54.1. The monoisotopic (exact) mass is 626 g/mol. The molecule has 0 saturated heterocycles. The molecule has 6 rings (SSSR count). The molecule has 236 valence electrons. The summed E-state index contributed by atoms with van der Waals surface area (Å²) in [7, 11) is 0. The number of nitrogens with one attached hydrogen (secondary N) is 4. The maximum absolute atomic E-state index is 13.6. The van der Waals surface area contributed by atoms with Crippen molar-refractivity contribution >= 4 is 39.3 Å². The van der Waals surface area contributed by atoms with Crippen molar-refractivity contribution < 1.29 is 41.0 Å². The predicted octanol–water partition coefficient (Wildman–Crippen LogP) is 5.06. The van der Waals surface area contributed by atoms with E-state index in [4.69, 9.17) is 5.41 Å². The quantitative estimate of drug-likeness (QED) is 0.152. The summed E-state index contributed by atoms with van der Waals surface area (Å²) in [6.07, 6.45) is -9.44. The number of rotatable bonds is 5. The van der Waals surface area contributed by atoms with E-state index in [0.29, 0.717) is 0 Å². The normalized spacial score (nSPS) is 23.0. The summed E-state index contributed by atoms with van der Waals surface area (Å²) >= 11 is 0. The van der Waals surface area contributed by atoms with E-state index in [1.165, 1.54) is 12.1 Å². The van der Waals surface area contributed by atoms with Crippen LogP contribution in [0.15, 0.2) is 27.8 Å². The molecule has 0 unspecified atom stereocenters. The zero-order valence-electron chi connectivity index (χ0n) is 23.0. The van der Waals surface area contributed by atoms with Crippen LogP contribution in [-0.4, -0.2) is 52.2 Å². The lowest BCUT2D eigenvalue weighted by Crippen LogP contribution is -2.41. The fraction of sp³-hybridized carbons (Fsp3) is 0.483. The number of hydrogen-bond donors (Lipinski definition) is 5. The standard InChI is InChI=1S/C29H28F6N4O5/c30-28(31,32)12-1-5-14(6-2-12)37-23(36)22-19(27(43)44)11-18(20-16-9-10-17(21(20)22)25(41)39-24(16)40)26(42)38-15-7-3-13(4-8-15)29(33,34)35/h9-15H,1-8H2,(H2,36,37)(H,38,42)(H,43,44)(H,39,40,41)/t12-,13-,14-,15-. The number of carboxylic acid groups (broad SMARTS) is 1. The van der Waals surface area contributed by atoms with Gasteiger partial charge in [0.25, 0.3) is 17.0 Å². The minimum atomic E-state index is -4.37. The Morgan fingerprint density at radius 3 is 1.66 bits per heavy atom. The minimum absolute atomic E-state index is 0.0138. The molecule has 1 amide bonds. The van der Waals surface area contributed by atoms with Crippen molar-refractivity contribution in [3.05, 3.63) is 55.6 Å². The smallest absolute Gasteiger partial charge is 0.391 e. The maximum Gasteiger partial charge on any atom is 0.391 e. The van der Waals surface area contributed by atoms with Crippen molar-refractivity contribution in [3.63, 3.8) is 0 Å². The average Bonchev–Trinajstić information content (AvgIpc) is 3.15. The molecule has 2 heterocycles. The summed E-state index contributed by atoms with van der Waals surface area (Å²) in [5.74, 6) is -5.97. The lowest BCUT2D eigenvalue weighted by molar-refractivity contribution is -0.183. The highest BCUT2D eigenvalue weighted by atomic mass is 19.4. The molecule has 44 heavy (non-hydrogen) atoms. The lowest BCUT2D eigenvalue weighted by Gasteiger charge is -2.31. The van der Waals surface area contributed by atoms with Gasteiger partial charge < -0.3 is 15.7 Å². The van der Waals surface area contributed by atoms with Crippen LogP contribution in [0.3, 0.4) is 0 Å². The molecule has 2 fully saturated rings. The van der Waals surface area contributed by atoms with Crippen LogP contribution in [0.1, 0.15) is 77.6 Å². The van der Waals surface area contributed by atoms with E-state index in [1.807, 2.05) is 0 Å². The Balaban J connectivity index is 1.57. The van der Waals surface area contributed by atoms with Crippen molar-refractivity contribution in [2.24, 2.45) is 11.8 Å². The van der Waals surface area contributed by atoms with Gasteiger partial charge in [-0.15, -0.1) is 0 Å². The molecular weight excluding hydrogens is 598 g/mol. The van der Waals surface area contributed by atoms with Gasteiger partial charge in [0.1, 0.15) is 5.84 Å². The summed E-state index contributed by atoms with van der Waals surface area (Å²) in [5, 5.41) is 23.7. The number of fused-ring (bicyclic) bond motifs is 3. The highest BCUT2D eigenvalue weighted by Crippen LogP contribution is 2.39. The number of benzene rings is 2. The van der Waals surface area contributed by atoms with Crippen LogP contribution < -0.4 is 21.8 Å². The van der Waals surface area contributed by atoms with Gasteiger partial charge in [0.2, 0.25) is 0 Å². The first-order valence-corrected chi connectivity index (χ1v) is 14.1. The number of H-pyrrole nitrogens is 1. The van der Waals surface area contributed by atoms with Crippen LogP contribution in [0.25, 0.3) is 21.5 Å². The third kappa shape index (κ3) is 5.95. The Kier molecular flexibility index (Phi) is 8.10. The zero-order valence-corrected chi connectivity index (χ0v) is 23.0. The molecule has 0 spiro atoms. The van der Waals surface area contributed by atoms with Crippen LogP contribution in [-0.2, 0) is 0 Å². The molecule has 2 aromatic heterocycles. The van der Waals surface area contributed by atoms with E-state index in [1.54, 1.807) is 0 Å². The summed E-state index contributed by atoms with van der Waals surface area (Å²) in [6.45, 7) is 0. The predicted molar refractivity (Wildman–Crippen MR) is 148 cm³/mol. The fourth-order valence-electron chi connectivity index (χ4n) is 6.46. The van der Waals surface area contributed by atoms with Crippen LogP contribution in [0.5, 0.6) is 0 Å². The van der Waals surface area contributed by atoms with Crippen LogP contribution in [0.4, 0.5) is 26.3 Å². The number of hydrogen-bond acceptors (Lipinski definition) is 5. The van der Waals surface area contributed by atoms with Crippen LogP contribution in [0, 0.1) is 17.2 Å². The summed E-state index contributed by atoms with van der Waals surface area (Å²) in [5.41, 5.74) is -3.03. The summed E-state index contributed by atoms with van der Waals surface area (Å²) in [6, 6.07) is 2.18. The Labute approximate surface area is 244 Å².